The maximum Gasteiger partial charge on any atom is 0.257 e. The largest absolute Gasteiger partial charge is 0.494 e. The number of nitrogens with one attached hydrogen (secondary N) is 3. The van der Waals surface area contributed by atoms with Gasteiger partial charge in [0.25, 0.3) is 5.91 Å². The first kappa shape index (κ1) is 24.8. The molecule has 2 aromatic rings. The molecule has 2 aromatic carbocycles. The van der Waals surface area contributed by atoms with Gasteiger partial charge in [0.1, 0.15) is 5.75 Å². The molecule has 0 unspecified atom stereocenters. The molecule has 0 fully saturated rings. The molecular weight excluding hydrogens is 434 g/mol. The fraction of sp³-hybridized carbons (Fsp3) is 0.364. The van der Waals surface area contributed by atoms with Crippen LogP contribution in [0.5, 0.6) is 5.75 Å². The second-order valence-electron chi connectivity index (χ2n) is 8.01. The number of anilines is 1. The first-order valence-corrected chi connectivity index (χ1v) is 11.9. The highest BCUT2D eigenvalue weighted by Crippen LogP contribution is 2.17. The van der Waals surface area contributed by atoms with Crippen molar-refractivity contribution in [3.63, 3.8) is 0 Å². The van der Waals surface area contributed by atoms with Crippen molar-refractivity contribution in [3.8, 4) is 5.75 Å². The van der Waals surface area contributed by atoms with Gasteiger partial charge in [-0.1, -0.05) is 13.3 Å². The van der Waals surface area contributed by atoms with E-state index in [1.807, 2.05) is 0 Å². The summed E-state index contributed by atoms with van der Waals surface area (Å²) in [5.41, 5.74) is 0.419. The fourth-order valence-corrected chi connectivity index (χ4v) is 4.18. The van der Waals surface area contributed by atoms with E-state index in [4.69, 9.17) is 17.0 Å². The number of carbonyl (C=O) groups excluding carboxylic acids is 1. The highest BCUT2D eigenvalue weighted by atomic mass is 32.2. The van der Waals surface area contributed by atoms with Crippen molar-refractivity contribution in [1.82, 2.24) is 10.0 Å². The summed E-state index contributed by atoms with van der Waals surface area (Å²) in [4.78, 5) is 12.5. The molecule has 0 aliphatic rings. The molecule has 0 heterocycles. The molecule has 0 aromatic heterocycles. The minimum absolute atomic E-state index is 0.108. The lowest BCUT2D eigenvalue weighted by Crippen LogP contribution is -2.40. The van der Waals surface area contributed by atoms with Crippen molar-refractivity contribution in [2.75, 3.05) is 11.9 Å². The van der Waals surface area contributed by atoms with Crippen molar-refractivity contribution in [2.45, 2.75) is 51.0 Å². The van der Waals surface area contributed by atoms with Gasteiger partial charge in [-0.05, 0) is 87.9 Å². The van der Waals surface area contributed by atoms with Crippen LogP contribution in [-0.2, 0) is 10.0 Å². The maximum atomic E-state index is 12.4. The maximum absolute atomic E-state index is 12.4. The number of thiocarbonyl (C=S) groups is 1. The Morgan fingerprint density at radius 1 is 1.03 bits per heavy atom. The van der Waals surface area contributed by atoms with Crippen LogP contribution in [0.4, 0.5) is 5.69 Å². The topological polar surface area (TPSA) is 96.5 Å². The van der Waals surface area contributed by atoms with E-state index in [1.54, 1.807) is 57.2 Å². The minimum Gasteiger partial charge on any atom is -0.494 e. The van der Waals surface area contributed by atoms with Crippen LogP contribution in [0, 0.1) is 0 Å². The molecule has 168 valence electrons. The van der Waals surface area contributed by atoms with E-state index in [-0.39, 0.29) is 15.9 Å². The van der Waals surface area contributed by atoms with Gasteiger partial charge in [-0.2, -0.15) is 0 Å². The molecule has 0 atom stereocenters. The zero-order valence-electron chi connectivity index (χ0n) is 18.2. The Bertz CT molecular complexity index is 997. The number of sulfonamides is 1. The second kappa shape index (κ2) is 10.7. The van der Waals surface area contributed by atoms with E-state index < -0.39 is 15.6 Å². The predicted octanol–water partition coefficient (Wildman–Crippen LogP) is 4.07. The summed E-state index contributed by atoms with van der Waals surface area (Å²) < 4.78 is 32.9. The Morgan fingerprint density at radius 3 is 2.19 bits per heavy atom. The lowest BCUT2D eigenvalue weighted by atomic mass is 10.1. The molecule has 0 spiro atoms. The van der Waals surface area contributed by atoms with Crippen LogP contribution in [-0.4, -0.2) is 31.6 Å². The lowest BCUT2D eigenvalue weighted by Gasteiger charge is -2.20. The fourth-order valence-electron chi connectivity index (χ4n) is 2.55. The molecule has 1 amide bonds. The normalized spacial score (nSPS) is 11.6. The molecule has 0 saturated carbocycles. The van der Waals surface area contributed by atoms with Gasteiger partial charge in [0.2, 0.25) is 10.0 Å². The van der Waals surface area contributed by atoms with Gasteiger partial charge in [0.05, 0.1) is 11.5 Å². The number of amides is 1. The van der Waals surface area contributed by atoms with Crippen LogP contribution < -0.4 is 20.1 Å². The van der Waals surface area contributed by atoms with Gasteiger partial charge in [0.15, 0.2) is 5.11 Å². The molecule has 2 rings (SSSR count). The van der Waals surface area contributed by atoms with Gasteiger partial charge in [-0.15, -0.1) is 0 Å². The van der Waals surface area contributed by atoms with Gasteiger partial charge in [-0.25, -0.2) is 13.1 Å². The van der Waals surface area contributed by atoms with Crippen molar-refractivity contribution < 1.29 is 17.9 Å². The van der Waals surface area contributed by atoms with Gasteiger partial charge in [-0.3, -0.25) is 10.1 Å². The monoisotopic (exact) mass is 463 g/mol. The third-order valence-corrected chi connectivity index (χ3v) is 5.95. The smallest absolute Gasteiger partial charge is 0.257 e. The molecule has 0 bridgehead atoms. The Hall–Kier alpha value is -2.49. The van der Waals surface area contributed by atoms with Gasteiger partial charge >= 0.3 is 0 Å². The number of benzene rings is 2. The summed E-state index contributed by atoms with van der Waals surface area (Å²) in [6, 6.07) is 12.9. The first-order chi connectivity index (χ1) is 14.5. The first-order valence-electron chi connectivity index (χ1n) is 9.99. The quantitative estimate of drug-likeness (QED) is 0.403. The van der Waals surface area contributed by atoms with Crippen LogP contribution in [0.25, 0.3) is 0 Å². The zero-order chi connectivity index (χ0) is 23.1. The third kappa shape index (κ3) is 8.28. The Kier molecular flexibility index (Phi) is 8.55. The summed E-state index contributed by atoms with van der Waals surface area (Å²) in [6.45, 7) is 8.05. The number of rotatable bonds is 8. The highest BCUT2D eigenvalue weighted by Gasteiger charge is 2.21. The van der Waals surface area contributed by atoms with Gasteiger partial charge < -0.3 is 10.1 Å². The minimum atomic E-state index is -3.62. The van der Waals surface area contributed by atoms with E-state index in [2.05, 4.69) is 22.3 Å². The number of hydrogen-bond acceptors (Lipinski definition) is 5. The van der Waals surface area contributed by atoms with Crippen LogP contribution in [0.1, 0.15) is 50.9 Å². The van der Waals surface area contributed by atoms with Gasteiger partial charge in [0, 0.05) is 16.8 Å². The number of hydrogen-bond donors (Lipinski definition) is 3. The Labute approximate surface area is 189 Å². The molecule has 0 aliphatic carbocycles. The van der Waals surface area contributed by atoms with E-state index in [9.17, 15) is 13.2 Å². The molecule has 3 N–H and O–H groups in total. The summed E-state index contributed by atoms with van der Waals surface area (Å²) in [7, 11) is -3.62. The van der Waals surface area contributed by atoms with Crippen molar-refractivity contribution in [1.29, 1.82) is 0 Å². The molecule has 9 heteroatoms. The Balaban J connectivity index is 1.93. The Morgan fingerprint density at radius 2 is 1.65 bits per heavy atom. The van der Waals surface area contributed by atoms with E-state index >= 15 is 0 Å². The third-order valence-electron chi connectivity index (χ3n) is 3.97. The highest BCUT2D eigenvalue weighted by molar-refractivity contribution is 7.89. The number of unbranched alkanes of at least 4 members (excludes halogenated alkanes) is 1. The summed E-state index contributed by atoms with van der Waals surface area (Å²) in [6.07, 6.45) is 2.03. The number of carbonyl (C=O) groups is 1. The molecule has 0 aliphatic heterocycles. The van der Waals surface area contributed by atoms with Crippen LogP contribution in [0.15, 0.2) is 53.4 Å². The summed E-state index contributed by atoms with van der Waals surface area (Å²) in [5, 5.41) is 5.59. The molecular formula is C22H29N3O4S2. The number of ether oxygens (including phenoxy) is 1. The average molecular weight is 464 g/mol. The summed E-state index contributed by atoms with van der Waals surface area (Å²) in [5.74, 6) is 0.355. The van der Waals surface area contributed by atoms with Crippen molar-refractivity contribution >= 4 is 38.9 Å². The lowest BCUT2D eigenvalue weighted by molar-refractivity contribution is 0.0977. The molecule has 0 saturated heterocycles. The zero-order valence-corrected chi connectivity index (χ0v) is 19.8. The van der Waals surface area contributed by atoms with Crippen LogP contribution >= 0.6 is 12.2 Å². The SMILES string of the molecule is CCCCOc1ccc(C(=O)NC(=S)Nc2ccc(S(=O)(=O)NC(C)(C)C)cc2)cc1. The summed E-state index contributed by atoms with van der Waals surface area (Å²) >= 11 is 5.19. The van der Waals surface area contributed by atoms with Crippen LogP contribution in [0.3, 0.4) is 0 Å². The molecule has 31 heavy (non-hydrogen) atoms. The molecule has 7 nitrogen and oxygen atoms in total. The molecule has 0 radical (unpaired) electrons. The van der Waals surface area contributed by atoms with Crippen molar-refractivity contribution in [2.24, 2.45) is 0 Å². The average Bonchev–Trinajstić information content (AvgIpc) is 2.67. The predicted molar refractivity (Wildman–Crippen MR) is 127 cm³/mol. The standard InChI is InChI=1S/C22H29N3O4S2/c1-5-6-15-29-18-11-7-16(8-12-18)20(26)24-21(30)23-17-9-13-19(14-10-17)31(27,28)25-22(2,3)4/h7-14,25H,5-6,15H2,1-4H3,(H2,23,24,26,30). The van der Waals surface area contributed by atoms with E-state index in [1.165, 1.54) is 12.1 Å². The van der Waals surface area contributed by atoms with Crippen molar-refractivity contribution in [3.05, 3.63) is 54.1 Å². The second-order valence-corrected chi connectivity index (χ2v) is 10.1. The van der Waals surface area contributed by atoms with E-state index in [0.29, 0.717) is 23.6 Å². The van der Waals surface area contributed by atoms with Crippen LogP contribution in [0.2, 0.25) is 0 Å². The van der Waals surface area contributed by atoms with E-state index in [0.717, 1.165) is 12.8 Å².